The van der Waals surface area contributed by atoms with Gasteiger partial charge in [0.25, 0.3) is 0 Å². The van der Waals surface area contributed by atoms with Gasteiger partial charge < -0.3 is 5.32 Å². The lowest BCUT2D eigenvalue weighted by atomic mass is 9.92. The summed E-state index contributed by atoms with van der Waals surface area (Å²) < 4.78 is 0. The van der Waals surface area contributed by atoms with Gasteiger partial charge in [-0.25, -0.2) is 0 Å². The number of hydrogen-bond donors (Lipinski definition) is 1. The van der Waals surface area contributed by atoms with Gasteiger partial charge >= 0.3 is 0 Å². The minimum atomic E-state index is 0.744. The predicted molar refractivity (Wildman–Crippen MR) is 90.6 cm³/mol. The van der Waals surface area contributed by atoms with Gasteiger partial charge in [0, 0.05) is 6.04 Å². The van der Waals surface area contributed by atoms with Crippen molar-refractivity contribution >= 4 is 0 Å². The summed E-state index contributed by atoms with van der Waals surface area (Å²) >= 11 is 0. The molecule has 0 aromatic heterocycles. The third kappa shape index (κ3) is 3.18. The molecule has 0 radical (unpaired) electrons. The van der Waals surface area contributed by atoms with Gasteiger partial charge in [-0.15, -0.1) is 0 Å². The summed E-state index contributed by atoms with van der Waals surface area (Å²) in [5.41, 5.74) is 3.30. The largest absolute Gasteiger partial charge is 0.314 e. The Labute approximate surface area is 130 Å². The summed E-state index contributed by atoms with van der Waals surface area (Å²) in [7, 11) is 0. The first kappa shape index (κ1) is 15.1. The van der Waals surface area contributed by atoms with Gasteiger partial charge in [0.2, 0.25) is 0 Å². The molecular formula is C20H31N. The number of hydrogen-bond acceptors (Lipinski definition) is 1. The van der Waals surface area contributed by atoms with Crippen LogP contribution in [0.5, 0.6) is 0 Å². The Morgan fingerprint density at radius 3 is 2.76 bits per heavy atom. The van der Waals surface area contributed by atoms with E-state index in [0.29, 0.717) is 0 Å². The molecule has 1 fully saturated rings. The van der Waals surface area contributed by atoms with Crippen molar-refractivity contribution in [3.8, 4) is 0 Å². The SMILES string of the molecule is CCCNC(CCC(C)C)C1C2CCc3ccccc3C21. The van der Waals surface area contributed by atoms with Crippen molar-refractivity contribution < 1.29 is 0 Å². The van der Waals surface area contributed by atoms with E-state index in [1.54, 1.807) is 11.1 Å². The zero-order chi connectivity index (χ0) is 14.8. The number of nitrogens with one attached hydrogen (secondary N) is 1. The summed E-state index contributed by atoms with van der Waals surface area (Å²) in [6.45, 7) is 8.17. The molecule has 21 heavy (non-hydrogen) atoms. The molecule has 4 unspecified atom stereocenters. The second kappa shape index (κ2) is 6.52. The molecule has 0 aliphatic heterocycles. The molecule has 0 bridgehead atoms. The van der Waals surface area contributed by atoms with E-state index in [-0.39, 0.29) is 0 Å². The van der Waals surface area contributed by atoms with Crippen LogP contribution >= 0.6 is 0 Å². The van der Waals surface area contributed by atoms with Crippen LogP contribution in [-0.2, 0) is 6.42 Å². The number of fused-ring (bicyclic) bond motifs is 3. The van der Waals surface area contributed by atoms with Crippen molar-refractivity contribution in [1.29, 1.82) is 0 Å². The normalized spacial score (nSPS) is 28.1. The van der Waals surface area contributed by atoms with Crippen molar-refractivity contribution in [3.63, 3.8) is 0 Å². The average Bonchev–Trinajstić information content (AvgIpc) is 3.22. The molecule has 2 aliphatic rings. The van der Waals surface area contributed by atoms with Crippen LogP contribution in [0.2, 0.25) is 0 Å². The summed E-state index contributed by atoms with van der Waals surface area (Å²) in [5, 5.41) is 3.87. The van der Waals surface area contributed by atoms with E-state index in [9.17, 15) is 0 Å². The van der Waals surface area contributed by atoms with E-state index in [1.807, 2.05) is 0 Å². The van der Waals surface area contributed by atoms with E-state index in [1.165, 1.54) is 38.6 Å². The highest BCUT2D eigenvalue weighted by Gasteiger charge is 2.55. The van der Waals surface area contributed by atoms with Gasteiger partial charge in [-0.1, -0.05) is 45.0 Å². The molecular weight excluding hydrogens is 254 g/mol. The molecule has 2 aliphatic carbocycles. The van der Waals surface area contributed by atoms with Crippen LogP contribution in [0, 0.1) is 17.8 Å². The molecule has 1 N–H and O–H groups in total. The van der Waals surface area contributed by atoms with Crippen molar-refractivity contribution in [2.24, 2.45) is 17.8 Å². The smallest absolute Gasteiger partial charge is 0.0104 e. The molecule has 1 nitrogen and oxygen atoms in total. The summed E-state index contributed by atoms with van der Waals surface area (Å²) in [6, 6.07) is 9.93. The molecule has 3 rings (SSSR count). The van der Waals surface area contributed by atoms with Gasteiger partial charge in [0.05, 0.1) is 0 Å². The molecule has 0 saturated heterocycles. The quantitative estimate of drug-likeness (QED) is 0.761. The summed E-state index contributed by atoms with van der Waals surface area (Å²) in [5.74, 6) is 3.54. The Bertz CT molecular complexity index is 465. The lowest BCUT2D eigenvalue weighted by molar-refractivity contribution is 0.378. The van der Waals surface area contributed by atoms with Gasteiger partial charge in [0.1, 0.15) is 0 Å². The van der Waals surface area contributed by atoms with Gasteiger partial charge in [-0.3, -0.25) is 0 Å². The minimum absolute atomic E-state index is 0.744. The Kier molecular flexibility index (Phi) is 4.69. The molecule has 0 heterocycles. The molecule has 1 aromatic rings. The maximum absolute atomic E-state index is 3.87. The fourth-order valence-electron chi connectivity index (χ4n) is 4.44. The number of rotatable bonds is 7. The maximum Gasteiger partial charge on any atom is 0.0104 e. The van der Waals surface area contributed by atoms with E-state index >= 15 is 0 Å². The summed E-state index contributed by atoms with van der Waals surface area (Å²) in [4.78, 5) is 0. The predicted octanol–water partition coefficient (Wildman–Crippen LogP) is 4.77. The Morgan fingerprint density at radius 1 is 1.19 bits per heavy atom. The standard InChI is InChI=1S/C20H31N/c1-4-13-21-18(12-9-14(2)3)20-17-11-10-15-7-5-6-8-16(15)19(17)20/h5-8,14,17-21H,4,9-13H2,1-3H3. The van der Waals surface area contributed by atoms with Crippen LogP contribution in [0.25, 0.3) is 0 Å². The topological polar surface area (TPSA) is 12.0 Å². The number of benzene rings is 1. The van der Waals surface area contributed by atoms with Crippen LogP contribution in [0.1, 0.15) is 63.5 Å². The van der Waals surface area contributed by atoms with Crippen LogP contribution in [0.4, 0.5) is 0 Å². The van der Waals surface area contributed by atoms with Crippen molar-refractivity contribution in [2.75, 3.05) is 6.54 Å². The average molecular weight is 285 g/mol. The molecule has 116 valence electrons. The van der Waals surface area contributed by atoms with Crippen LogP contribution in [0.15, 0.2) is 24.3 Å². The molecule has 1 aromatic carbocycles. The second-order valence-corrected chi connectivity index (χ2v) is 7.54. The van der Waals surface area contributed by atoms with Crippen LogP contribution in [-0.4, -0.2) is 12.6 Å². The van der Waals surface area contributed by atoms with Gasteiger partial charge in [-0.2, -0.15) is 0 Å². The second-order valence-electron chi connectivity index (χ2n) is 7.54. The first-order chi connectivity index (χ1) is 10.2. The van der Waals surface area contributed by atoms with Crippen molar-refractivity contribution in [2.45, 2.75) is 64.8 Å². The molecule has 1 heteroatoms. The zero-order valence-corrected chi connectivity index (χ0v) is 13.9. The van der Waals surface area contributed by atoms with E-state index in [0.717, 1.165) is 29.7 Å². The third-order valence-corrected chi connectivity index (χ3v) is 5.57. The molecule has 0 spiro atoms. The fraction of sp³-hybridized carbons (Fsp3) is 0.700. The van der Waals surface area contributed by atoms with E-state index in [4.69, 9.17) is 0 Å². The minimum Gasteiger partial charge on any atom is -0.314 e. The zero-order valence-electron chi connectivity index (χ0n) is 13.9. The van der Waals surface area contributed by atoms with E-state index < -0.39 is 0 Å². The molecule has 1 saturated carbocycles. The Hall–Kier alpha value is -0.820. The van der Waals surface area contributed by atoms with Crippen molar-refractivity contribution in [1.82, 2.24) is 5.32 Å². The fourth-order valence-corrected chi connectivity index (χ4v) is 4.44. The lowest BCUT2D eigenvalue weighted by Gasteiger charge is -2.20. The van der Waals surface area contributed by atoms with E-state index in [2.05, 4.69) is 50.4 Å². The number of aryl methyl sites for hydroxylation is 1. The van der Waals surface area contributed by atoms with Crippen LogP contribution in [0.3, 0.4) is 0 Å². The Morgan fingerprint density at radius 2 is 2.00 bits per heavy atom. The first-order valence-electron chi connectivity index (χ1n) is 9.03. The summed E-state index contributed by atoms with van der Waals surface area (Å²) in [6.07, 6.45) is 6.68. The van der Waals surface area contributed by atoms with Crippen molar-refractivity contribution in [3.05, 3.63) is 35.4 Å². The third-order valence-electron chi connectivity index (χ3n) is 5.57. The van der Waals surface area contributed by atoms with Gasteiger partial charge in [-0.05, 0) is 73.4 Å². The monoisotopic (exact) mass is 285 g/mol. The van der Waals surface area contributed by atoms with Gasteiger partial charge in [0.15, 0.2) is 0 Å². The highest BCUT2D eigenvalue weighted by Crippen LogP contribution is 2.61. The van der Waals surface area contributed by atoms with Crippen LogP contribution < -0.4 is 5.32 Å². The highest BCUT2D eigenvalue weighted by atomic mass is 14.9. The highest BCUT2D eigenvalue weighted by molar-refractivity contribution is 5.40. The maximum atomic E-state index is 3.87. The molecule has 4 atom stereocenters. The molecule has 0 amide bonds. The Balaban J connectivity index is 1.70. The lowest BCUT2D eigenvalue weighted by Crippen LogP contribution is -2.33. The first-order valence-corrected chi connectivity index (χ1v) is 9.03.